The van der Waals surface area contributed by atoms with Gasteiger partial charge in [-0.05, 0) is 24.3 Å². The zero-order valence-electron chi connectivity index (χ0n) is 14.5. The number of anilines is 2. The second kappa shape index (κ2) is 6.77. The average molecular weight is 377 g/mol. The van der Waals surface area contributed by atoms with Crippen LogP contribution in [0.5, 0.6) is 0 Å². The van der Waals surface area contributed by atoms with Crippen LogP contribution in [0, 0.1) is 0 Å². The van der Waals surface area contributed by atoms with Crippen LogP contribution in [0.2, 0.25) is 0 Å². The molecule has 2 aromatic carbocycles. The minimum absolute atomic E-state index is 0.0728. The standard InChI is InChI=1S/C20H15N3O3S/c1-13(24)23(15-7-3-2-4-8-15)20-21-14(12-27-20)11-22-18(25)16-9-5-6-10-17(16)19(22)26/h2-10,12H,11H2,1H3. The van der Waals surface area contributed by atoms with Gasteiger partial charge in [-0.15, -0.1) is 11.3 Å². The number of hydrogen-bond acceptors (Lipinski definition) is 5. The van der Waals surface area contributed by atoms with E-state index in [1.807, 2.05) is 30.3 Å². The van der Waals surface area contributed by atoms with Crippen molar-refractivity contribution in [3.8, 4) is 0 Å². The van der Waals surface area contributed by atoms with Crippen LogP contribution in [-0.2, 0) is 11.3 Å². The number of thiazole rings is 1. The van der Waals surface area contributed by atoms with Crippen molar-refractivity contribution in [1.82, 2.24) is 9.88 Å². The lowest BCUT2D eigenvalue weighted by molar-refractivity contribution is -0.115. The number of para-hydroxylation sites is 1. The molecule has 0 radical (unpaired) electrons. The number of imide groups is 1. The number of hydrogen-bond donors (Lipinski definition) is 0. The molecule has 0 saturated carbocycles. The number of aromatic nitrogens is 1. The van der Waals surface area contributed by atoms with E-state index < -0.39 is 0 Å². The van der Waals surface area contributed by atoms with Crippen LogP contribution >= 0.6 is 11.3 Å². The minimum Gasteiger partial charge on any atom is -0.274 e. The van der Waals surface area contributed by atoms with E-state index in [2.05, 4.69) is 4.98 Å². The molecule has 2 heterocycles. The summed E-state index contributed by atoms with van der Waals surface area (Å²) in [5.74, 6) is -0.809. The molecule has 1 aromatic heterocycles. The first-order valence-corrected chi connectivity index (χ1v) is 9.19. The Morgan fingerprint density at radius 1 is 1.00 bits per heavy atom. The smallest absolute Gasteiger partial charge is 0.261 e. The van der Waals surface area contributed by atoms with Gasteiger partial charge >= 0.3 is 0 Å². The predicted molar refractivity (Wildman–Crippen MR) is 102 cm³/mol. The van der Waals surface area contributed by atoms with Crippen LogP contribution in [0.25, 0.3) is 0 Å². The molecule has 0 aliphatic carbocycles. The predicted octanol–water partition coefficient (Wildman–Crippen LogP) is 3.62. The molecule has 0 unspecified atom stereocenters. The maximum atomic E-state index is 12.5. The van der Waals surface area contributed by atoms with E-state index >= 15 is 0 Å². The van der Waals surface area contributed by atoms with Crippen LogP contribution in [0.1, 0.15) is 33.3 Å². The Labute approximate surface area is 159 Å². The van der Waals surface area contributed by atoms with E-state index in [0.717, 1.165) is 0 Å². The van der Waals surface area contributed by atoms with Gasteiger partial charge in [-0.2, -0.15) is 0 Å². The van der Waals surface area contributed by atoms with Crippen LogP contribution < -0.4 is 4.90 Å². The van der Waals surface area contributed by atoms with Gasteiger partial charge in [-0.25, -0.2) is 4.98 Å². The van der Waals surface area contributed by atoms with Gasteiger partial charge in [0.05, 0.1) is 29.1 Å². The summed E-state index contributed by atoms with van der Waals surface area (Å²) in [6.45, 7) is 1.54. The molecular weight excluding hydrogens is 362 g/mol. The maximum Gasteiger partial charge on any atom is 0.261 e. The Morgan fingerprint density at radius 3 is 2.19 bits per heavy atom. The SMILES string of the molecule is CC(=O)N(c1ccccc1)c1nc(CN2C(=O)c3ccccc3C2=O)cs1. The van der Waals surface area contributed by atoms with E-state index in [0.29, 0.717) is 27.6 Å². The van der Waals surface area contributed by atoms with Crippen LogP contribution in [0.3, 0.4) is 0 Å². The Bertz CT molecular complexity index is 1010. The molecule has 0 N–H and O–H groups in total. The summed E-state index contributed by atoms with van der Waals surface area (Å²) < 4.78 is 0. The van der Waals surface area contributed by atoms with E-state index in [-0.39, 0.29) is 24.3 Å². The third kappa shape index (κ3) is 3.02. The normalized spacial score (nSPS) is 13.0. The first-order valence-electron chi connectivity index (χ1n) is 8.31. The number of carbonyl (C=O) groups is 3. The summed E-state index contributed by atoms with van der Waals surface area (Å²) in [6.07, 6.45) is 0. The molecule has 4 rings (SSSR count). The Balaban J connectivity index is 1.60. The van der Waals surface area contributed by atoms with Gasteiger partial charge in [0, 0.05) is 12.3 Å². The molecule has 27 heavy (non-hydrogen) atoms. The highest BCUT2D eigenvalue weighted by molar-refractivity contribution is 7.14. The molecule has 3 amide bonds. The topological polar surface area (TPSA) is 70.6 Å². The monoisotopic (exact) mass is 377 g/mol. The quantitative estimate of drug-likeness (QED) is 0.651. The lowest BCUT2D eigenvalue weighted by atomic mass is 10.1. The summed E-state index contributed by atoms with van der Waals surface area (Å²) in [5, 5.41) is 2.26. The number of nitrogens with zero attached hydrogens (tertiary/aromatic N) is 3. The van der Waals surface area contributed by atoms with E-state index in [9.17, 15) is 14.4 Å². The molecule has 0 atom stereocenters. The fourth-order valence-corrected chi connectivity index (χ4v) is 3.90. The highest BCUT2D eigenvalue weighted by atomic mass is 32.1. The van der Waals surface area contributed by atoms with E-state index in [4.69, 9.17) is 0 Å². The van der Waals surface area contributed by atoms with Crippen LogP contribution in [-0.4, -0.2) is 27.6 Å². The van der Waals surface area contributed by atoms with Gasteiger partial charge in [0.25, 0.3) is 11.8 Å². The van der Waals surface area contributed by atoms with Gasteiger partial charge in [-0.3, -0.25) is 24.2 Å². The molecule has 1 aliphatic rings. The summed E-state index contributed by atoms with van der Waals surface area (Å²) in [4.78, 5) is 44.3. The number of benzene rings is 2. The van der Waals surface area contributed by atoms with Crippen molar-refractivity contribution >= 4 is 39.9 Å². The van der Waals surface area contributed by atoms with Crippen molar-refractivity contribution in [1.29, 1.82) is 0 Å². The maximum absolute atomic E-state index is 12.5. The molecule has 7 heteroatoms. The molecule has 0 spiro atoms. The molecule has 6 nitrogen and oxygen atoms in total. The van der Waals surface area contributed by atoms with Gasteiger partial charge in [0.1, 0.15) is 0 Å². The largest absolute Gasteiger partial charge is 0.274 e. The Hall–Kier alpha value is -3.32. The lowest BCUT2D eigenvalue weighted by Crippen LogP contribution is -2.29. The molecule has 134 valence electrons. The second-order valence-corrected chi connectivity index (χ2v) is 6.89. The Kier molecular flexibility index (Phi) is 4.29. The molecule has 0 saturated heterocycles. The van der Waals surface area contributed by atoms with Crippen molar-refractivity contribution in [2.75, 3.05) is 4.90 Å². The van der Waals surface area contributed by atoms with Crippen LogP contribution in [0.15, 0.2) is 60.0 Å². The molecule has 0 bridgehead atoms. The van der Waals surface area contributed by atoms with Crippen LogP contribution in [0.4, 0.5) is 10.8 Å². The van der Waals surface area contributed by atoms with Gasteiger partial charge in [-0.1, -0.05) is 30.3 Å². The van der Waals surface area contributed by atoms with Crippen molar-refractivity contribution in [2.45, 2.75) is 13.5 Å². The molecular formula is C20H15N3O3S. The van der Waals surface area contributed by atoms with Crippen molar-refractivity contribution in [3.63, 3.8) is 0 Å². The van der Waals surface area contributed by atoms with Gasteiger partial charge < -0.3 is 0 Å². The highest BCUT2D eigenvalue weighted by Crippen LogP contribution is 2.30. The first-order chi connectivity index (χ1) is 13.1. The van der Waals surface area contributed by atoms with E-state index in [1.165, 1.54) is 28.1 Å². The number of rotatable bonds is 4. The van der Waals surface area contributed by atoms with E-state index in [1.54, 1.807) is 29.6 Å². The molecule has 3 aromatic rings. The second-order valence-electron chi connectivity index (χ2n) is 6.05. The fraction of sp³-hybridized carbons (Fsp3) is 0.100. The third-order valence-corrected chi connectivity index (χ3v) is 5.13. The number of amides is 3. The summed E-state index contributed by atoms with van der Waals surface area (Å²) in [6, 6.07) is 16.0. The summed E-state index contributed by atoms with van der Waals surface area (Å²) >= 11 is 1.30. The van der Waals surface area contributed by atoms with Gasteiger partial charge in [0.15, 0.2) is 5.13 Å². The minimum atomic E-state index is -0.323. The number of carbonyl (C=O) groups excluding carboxylic acids is 3. The van der Waals surface area contributed by atoms with Crippen molar-refractivity contribution < 1.29 is 14.4 Å². The fourth-order valence-electron chi connectivity index (χ4n) is 3.02. The summed E-state index contributed by atoms with van der Waals surface area (Å²) in [7, 11) is 0. The number of fused-ring (bicyclic) bond motifs is 1. The lowest BCUT2D eigenvalue weighted by Gasteiger charge is -2.18. The highest BCUT2D eigenvalue weighted by Gasteiger charge is 2.35. The average Bonchev–Trinajstić information content (AvgIpc) is 3.22. The van der Waals surface area contributed by atoms with Gasteiger partial charge in [0.2, 0.25) is 5.91 Å². The molecule has 1 aliphatic heterocycles. The molecule has 0 fully saturated rings. The zero-order chi connectivity index (χ0) is 19.0. The van der Waals surface area contributed by atoms with Crippen molar-refractivity contribution in [3.05, 3.63) is 76.8 Å². The first kappa shape index (κ1) is 17.1. The summed E-state index contributed by atoms with van der Waals surface area (Å²) in [5.41, 5.74) is 2.10. The van der Waals surface area contributed by atoms with Crippen molar-refractivity contribution in [2.24, 2.45) is 0 Å². The third-order valence-electron chi connectivity index (χ3n) is 4.26. The Morgan fingerprint density at radius 2 is 1.59 bits per heavy atom. The zero-order valence-corrected chi connectivity index (χ0v) is 15.3.